The molecular formula is C11H17BrN2O4S. The van der Waals surface area contributed by atoms with E-state index < -0.39 is 10.0 Å². The second-order valence-corrected chi connectivity index (χ2v) is 7.21. The lowest BCUT2D eigenvalue weighted by Crippen LogP contribution is -2.34. The van der Waals surface area contributed by atoms with Gasteiger partial charge in [0.2, 0.25) is 10.0 Å². The molecule has 0 bridgehead atoms. The molecule has 2 N–H and O–H groups in total. The monoisotopic (exact) mass is 352 g/mol. The summed E-state index contributed by atoms with van der Waals surface area (Å²) in [5.74, 6) is 0.427. The van der Waals surface area contributed by atoms with Gasteiger partial charge in [0.15, 0.2) is 4.67 Å². The van der Waals surface area contributed by atoms with Crippen LogP contribution in [0.15, 0.2) is 20.0 Å². The van der Waals surface area contributed by atoms with E-state index in [1.54, 1.807) is 7.05 Å². The Morgan fingerprint density at radius 2 is 2.32 bits per heavy atom. The fourth-order valence-corrected chi connectivity index (χ4v) is 4.17. The van der Waals surface area contributed by atoms with E-state index in [-0.39, 0.29) is 22.2 Å². The first kappa shape index (κ1) is 15.0. The molecule has 2 heterocycles. The van der Waals surface area contributed by atoms with Crippen molar-refractivity contribution >= 4 is 26.0 Å². The van der Waals surface area contributed by atoms with Gasteiger partial charge in [-0.15, -0.1) is 0 Å². The van der Waals surface area contributed by atoms with Crippen molar-refractivity contribution in [3.63, 3.8) is 0 Å². The van der Waals surface area contributed by atoms with Gasteiger partial charge in [-0.2, -0.15) is 4.31 Å². The zero-order valence-electron chi connectivity index (χ0n) is 10.6. The third kappa shape index (κ3) is 3.19. The first-order valence-electron chi connectivity index (χ1n) is 6.01. The molecule has 8 heteroatoms. The van der Waals surface area contributed by atoms with Crippen molar-refractivity contribution < 1.29 is 17.6 Å². The van der Waals surface area contributed by atoms with Gasteiger partial charge < -0.3 is 14.9 Å². The van der Waals surface area contributed by atoms with E-state index in [9.17, 15) is 8.42 Å². The number of furan rings is 1. The van der Waals surface area contributed by atoms with Crippen molar-refractivity contribution in [2.24, 2.45) is 5.73 Å². The van der Waals surface area contributed by atoms with E-state index in [4.69, 9.17) is 14.9 Å². The molecule has 19 heavy (non-hydrogen) atoms. The minimum atomic E-state index is -3.59. The summed E-state index contributed by atoms with van der Waals surface area (Å²) in [4.78, 5) is 0.105. The van der Waals surface area contributed by atoms with Crippen molar-refractivity contribution in [2.45, 2.75) is 30.4 Å². The molecule has 1 aromatic rings. The van der Waals surface area contributed by atoms with E-state index >= 15 is 0 Å². The molecule has 1 unspecified atom stereocenters. The number of nitrogens with zero attached hydrogens (tertiary/aromatic N) is 1. The Morgan fingerprint density at radius 1 is 1.58 bits per heavy atom. The molecule has 0 spiro atoms. The van der Waals surface area contributed by atoms with Crippen molar-refractivity contribution in [3.05, 3.63) is 16.5 Å². The largest absolute Gasteiger partial charge is 0.452 e. The van der Waals surface area contributed by atoms with Gasteiger partial charge >= 0.3 is 0 Å². The molecule has 0 aromatic carbocycles. The number of sulfonamides is 1. The number of likely N-dealkylation sites (N-methyl/N-ethyl adjacent to an activating group) is 1. The molecule has 108 valence electrons. The molecule has 0 radical (unpaired) electrons. The fraction of sp³-hybridized carbons (Fsp3) is 0.636. The van der Waals surface area contributed by atoms with Gasteiger partial charge in [0.1, 0.15) is 10.7 Å². The Hall–Kier alpha value is -0.410. The van der Waals surface area contributed by atoms with Gasteiger partial charge in [-0.25, -0.2) is 8.42 Å². The van der Waals surface area contributed by atoms with Crippen molar-refractivity contribution in [1.82, 2.24) is 4.31 Å². The fourth-order valence-electron chi connectivity index (χ4n) is 2.02. The van der Waals surface area contributed by atoms with Crippen LogP contribution >= 0.6 is 15.9 Å². The third-order valence-corrected chi connectivity index (χ3v) is 5.76. The zero-order chi connectivity index (χ0) is 14.0. The normalized spacial score (nSPS) is 20.3. The topological polar surface area (TPSA) is 85.8 Å². The number of nitrogens with two attached hydrogens (primary N) is 1. The Kier molecular flexibility index (Phi) is 4.67. The molecule has 0 aliphatic carbocycles. The first-order chi connectivity index (χ1) is 8.95. The molecule has 1 aliphatic heterocycles. The van der Waals surface area contributed by atoms with Crippen molar-refractivity contribution in [1.29, 1.82) is 0 Å². The summed E-state index contributed by atoms with van der Waals surface area (Å²) in [5, 5.41) is 0. The highest BCUT2D eigenvalue weighted by Gasteiger charge is 2.29. The van der Waals surface area contributed by atoms with E-state index in [2.05, 4.69) is 15.9 Å². The Labute approximate surface area is 121 Å². The number of ether oxygens (including phenoxy) is 1. The molecule has 1 atom stereocenters. The summed E-state index contributed by atoms with van der Waals surface area (Å²) in [6, 6.07) is 1.45. The Balaban J connectivity index is 2.17. The number of hydrogen-bond acceptors (Lipinski definition) is 5. The summed E-state index contributed by atoms with van der Waals surface area (Å²) < 4.78 is 37.0. The summed E-state index contributed by atoms with van der Waals surface area (Å²) in [6.45, 7) is 1.20. The maximum Gasteiger partial charge on any atom is 0.247 e. The summed E-state index contributed by atoms with van der Waals surface area (Å²) >= 11 is 3.12. The highest BCUT2D eigenvalue weighted by atomic mass is 79.9. The van der Waals surface area contributed by atoms with Crippen LogP contribution in [0.25, 0.3) is 0 Å². The molecular weight excluding hydrogens is 336 g/mol. The summed E-state index contributed by atoms with van der Waals surface area (Å²) in [6.07, 6.45) is 1.84. The van der Waals surface area contributed by atoms with Gasteiger partial charge in [-0.05, 0) is 28.8 Å². The first-order valence-corrected chi connectivity index (χ1v) is 8.24. The number of hydrogen-bond donors (Lipinski definition) is 1. The Morgan fingerprint density at radius 3 is 2.84 bits per heavy atom. The van der Waals surface area contributed by atoms with E-state index in [0.717, 1.165) is 12.8 Å². The second-order valence-electron chi connectivity index (χ2n) is 4.48. The van der Waals surface area contributed by atoms with E-state index in [1.807, 2.05) is 0 Å². The molecule has 1 saturated heterocycles. The standard InChI is InChI=1S/C11H17BrN2O4S/c1-14(7-8-3-2-4-17-8)19(15,16)10-5-9(6-13)18-11(10)12/h5,8H,2-4,6-7,13H2,1H3. The molecule has 1 aliphatic rings. The van der Waals surface area contributed by atoms with E-state index in [1.165, 1.54) is 10.4 Å². The quantitative estimate of drug-likeness (QED) is 0.862. The van der Waals surface area contributed by atoms with Crippen LogP contribution < -0.4 is 5.73 Å². The zero-order valence-corrected chi connectivity index (χ0v) is 13.0. The molecule has 2 rings (SSSR count). The molecule has 1 fully saturated rings. The molecule has 0 saturated carbocycles. The highest BCUT2D eigenvalue weighted by molar-refractivity contribution is 9.10. The number of halogens is 1. The maximum atomic E-state index is 12.4. The second kappa shape index (κ2) is 5.92. The van der Waals surface area contributed by atoms with Crippen molar-refractivity contribution in [2.75, 3.05) is 20.2 Å². The van der Waals surface area contributed by atoms with Crippen LogP contribution in [-0.2, 0) is 21.3 Å². The van der Waals surface area contributed by atoms with Crippen LogP contribution in [0.5, 0.6) is 0 Å². The minimum Gasteiger partial charge on any atom is -0.452 e. The average Bonchev–Trinajstić information content (AvgIpc) is 2.98. The maximum absolute atomic E-state index is 12.4. The molecule has 1 aromatic heterocycles. The smallest absolute Gasteiger partial charge is 0.247 e. The minimum absolute atomic E-state index is 0.0283. The van der Waals surface area contributed by atoms with Crippen LogP contribution in [-0.4, -0.2) is 39.0 Å². The SMILES string of the molecule is CN(CC1CCCO1)S(=O)(=O)c1cc(CN)oc1Br. The van der Waals surface area contributed by atoms with Crippen molar-refractivity contribution in [3.8, 4) is 0 Å². The average molecular weight is 353 g/mol. The van der Waals surface area contributed by atoms with E-state index in [0.29, 0.717) is 18.9 Å². The van der Waals surface area contributed by atoms with Crippen LogP contribution in [0, 0.1) is 0 Å². The van der Waals surface area contributed by atoms with Crippen LogP contribution in [0.4, 0.5) is 0 Å². The third-order valence-electron chi connectivity index (χ3n) is 3.08. The Bertz CT molecular complexity index is 537. The number of rotatable bonds is 5. The van der Waals surface area contributed by atoms with Gasteiger partial charge in [0.05, 0.1) is 12.6 Å². The lowest BCUT2D eigenvalue weighted by atomic mass is 10.2. The molecule has 0 amide bonds. The molecule has 6 nitrogen and oxygen atoms in total. The predicted molar refractivity (Wildman–Crippen MR) is 73.1 cm³/mol. The van der Waals surface area contributed by atoms with Gasteiger partial charge in [0, 0.05) is 26.3 Å². The van der Waals surface area contributed by atoms with Gasteiger partial charge in [-0.3, -0.25) is 0 Å². The van der Waals surface area contributed by atoms with Gasteiger partial charge in [0.25, 0.3) is 0 Å². The van der Waals surface area contributed by atoms with Gasteiger partial charge in [-0.1, -0.05) is 0 Å². The van der Waals surface area contributed by atoms with Crippen LogP contribution in [0.3, 0.4) is 0 Å². The highest BCUT2D eigenvalue weighted by Crippen LogP contribution is 2.28. The summed E-state index contributed by atoms with van der Waals surface area (Å²) in [5.41, 5.74) is 5.44. The van der Waals surface area contributed by atoms with Crippen LogP contribution in [0.2, 0.25) is 0 Å². The van der Waals surface area contributed by atoms with Crippen LogP contribution in [0.1, 0.15) is 18.6 Å². The lowest BCUT2D eigenvalue weighted by molar-refractivity contribution is 0.0978. The predicted octanol–water partition coefficient (Wildman–Crippen LogP) is 1.30. The lowest BCUT2D eigenvalue weighted by Gasteiger charge is -2.19. The summed E-state index contributed by atoms with van der Waals surface area (Å²) in [7, 11) is -2.05.